The van der Waals surface area contributed by atoms with Crippen molar-refractivity contribution in [2.24, 2.45) is 0 Å². The molecule has 1 aromatic heterocycles. The maximum absolute atomic E-state index is 12.6. The van der Waals surface area contributed by atoms with Gasteiger partial charge >= 0.3 is 5.63 Å². The van der Waals surface area contributed by atoms with Crippen molar-refractivity contribution in [1.82, 2.24) is 5.32 Å². The number of nitrogens with one attached hydrogen (secondary N) is 1. The van der Waals surface area contributed by atoms with Crippen LogP contribution in [0.3, 0.4) is 0 Å². The Morgan fingerprint density at radius 2 is 1.72 bits per heavy atom. The molecular formula is C22H23NO6. The van der Waals surface area contributed by atoms with Gasteiger partial charge in [-0.25, -0.2) is 4.79 Å². The normalized spacial score (nSPS) is 10.6. The van der Waals surface area contributed by atoms with E-state index in [0.29, 0.717) is 45.9 Å². The van der Waals surface area contributed by atoms with Crippen LogP contribution < -0.4 is 25.2 Å². The fraction of sp³-hybridized carbons (Fsp3) is 0.273. The molecule has 0 radical (unpaired) electrons. The number of fused-ring (bicyclic) bond motifs is 1. The highest BCUT2D eigenvalue weighted by Crippen LogP contribution is 2.36. The van der Waals surface area contributed by atoms with Crippen LogP contribution in [0.15, 0.2) is 45.6 Å². The van der Waals surface area contributed by atoms with Gasteiger partial charge < -0.3 is 23.9 Å². The summed E-state index contributed by atoms with van der Waals surface area (Å²) in [4.78, 5) is 25.0. The van der Waals surface area contributed by atoms with E-state index in [9.17, 15) is 9.59 Å². The fourth-order valence-corrected chi connectivity index (χ4v) is 3.24. The van der Waals surface area contributed by atoms with Gasteiger partial charge in [0.15, 0.2) is 11.3 Å². The summed E-state index contributed by atoms with van der Waals surface area (Å²) in [5.74, 6) is 1.21. The summed E-state index contributed by atoms with van der Waals surface area (Å²) in [7, 11) is 4.56. The lowest BCUT2D eigenvalue weighted by Crippen LogP contribution is -2.27. The first-order valence-electron chi connectivity index (χ1n) is 9.06. The molecule has 0 bridgehead atoms. The lowest BCUT2D eigenvalue weighted by molar-refractivity contribution is -0.120. The van der Waals surface area contributed by atoms with Gasteiger partial charge in [-0.05, 0) is 30.7 Å². The highest BCUT2D eigenvalue weighted by atomic mass is 16.5. The molecule has 0 aliphatic carbocycles. The number of benzene rings is 2. The number of methoxy groups -OCH3 is 3. The van der Waals surface area contributed by atoms with Crippen molar-refractivity contribution >= 4 is 16.9 Å². The van der Waals surface area contributed by atoms with Crippen molar-refractivity contribution in [3.05, 3.63) is 63.5 Å². The molecule has 152 valence electrons. The molecule has 3 aromatic rings. The maximum Gasteiger partial charge on any atom is 0.340 e. The molecule has 0 saturated carbocycles. The average Bonchev–Trinajstić information content (AvgIpc) is 2.74. The molecule has 0 atom stereocenters. The van der Waals surface area contributed by atoms with E-state index in [1.807, 2.05) is 24.3 Å². The Hall–Kier alpha value is -3.48. The summed E-state index contributed by atoms with van der Waals surface area (Å²) in [6.45, 7) is 2.08. The molecule has 1 N–H and O–H groups in total. The van der Waals surface area contributed by atoms with E-state index in [2.05, 4.69) is 5.32 Å². The third-order valence-corrected chi connectivity index (χ3v) is 4.80. The largest absolute Gasteiger partial charge is 0.496 e. The molecule has 1 amide bonds. The number of hydrogen-bond donors (Lipinski definition) is 1. The van der Waals surface area contributed by atoms with Gasteiger partial charge in [0.05, 0.1) is 33.3 Å². The van der Waals surface area contributed by atoms with Crippen molar-refractivity contribution in [2.45, 2.75) is 19.9 Å². The molecule has 1 heterocycles. The third-order valence-electron chi connectivity index (χ3n) is 4.80. The minimum atomic E-state index is -0.575. The lowest BCUT2D eigenvalue weighted by atomic mass is 10.0. The molecule has 7 heteroatoms. The Kier molecular flexibility index (Phi) is 6.07. The highest BCUT2D eigenvalue weighted by molar-refractivity contribution is 5.89. The van der Waals surface area contributed by atoms with Crippen molar-refractivity contribution in [1.29, 1.82) is 0 Å². The Morgan fingerprint density at radius 1 is 1.00 bits per heavy atom. The second-order valence-corrected chi connectivity index (χ2v) is 6.44. The van der Waals surface area contributed by atoms with Gasteiger partial charge in [0.1, 0.15) is 5.75 Å². The molecule has 0 spiro atoms. The summed E-state index contributed by atoms with van der Waals surface area (Å²) in [6.07, 6.45) is -0.0897. The average molecular weight is 397 g/mol. The van der Waals surface area contributed by atoms with E-state index in [-0.39, 0.29) is 12.3 Å². The van der Waals surface area contributed by atoms with E-state index in [1.54, 1.807) is 26.2 Å². The predicted molar refractivity (Wildman–Crippen MR) is 109 cm³/mol. The number of carbonyl (C=O) groups excluding carboxylic acids is 1. The standard InChI is InChI=1S/C22H23NO6/c1-13-15-9-10-18(27-3)21(28-4)20(15)29-22(25)16(13)11-19(24)23-12-14-7-5-6-8-17(14)26-2/h5-10H,11-12H2,1-4H3,(H,23,24). The number of hydrogen-bond acceptors (Lipinski definition) is 6. The summed E-state index contributed by atoms with van der Waals surface area (Å²) in [6, 6.07) is 10.9. The van der Waals surface area contributed by atoms with Crippen LogP contribution in [0.1, 0.15) is 16.7 Å². The molecular weight excluding hydrogens is 374 g/mol. The summed E-state index contributed by atoms with van der Waals surface area (Å²) in [5, 5.41) is 3.51. The molecule has 7 nitrogen and oxygen atoms in total. The number of ether oxygens (including phenoxy) is 3. The van der Waals surface area contributed by atoms with Gasteiger partial charge in [-0.2, -0.15) is 0 Å². The van der Waals surface area contributed by atoms with Crippen molar-refractivity contribution < 1.29 is 23.4 Å². The zero-order valence-corrected chi connectivity index (χ0v) is 16.8. The van der Waals surface area contributed by atoms with E-state index < -0.39 is 5.63 Å². The minimum absolute atomic E-state index is 0.0897. The monoisotopic (exact) mass is 397 g/mol. The Labute approximate surface area is 168 Å². The van der Waals surface area contributed by atoms with Crippen LogP contribution in [-0.2, 0) is 17.8 Å². The molecule has 3 rings (SSSR count). The van der Waals surface area contributed by atoms with Crippen LogP contribution >= 0.6 is 0 Å². The van der Waals surface area contributed by atoms with Gasteiger partial charge in [0.25, 0.3) is 0 Å². The number of para-hydroxylation sites is 1. The third kappa shape index (κ3) is 4.03. The summed E-state index contributed by atoms with van der Waals surface area (Å²) >= 11 is 0. The van der Waals surface area contributed by atoms with Crippen LogP contribution in [0.4, 0.5) is 0 Å². The quantitative estimate of drug-likeness (QED) is 0.617. The van der Waals surface area contributed by atoms with E-state index in [0.717, 1.165) is 5.56 Å². The molecule has 0 unspecified atom stereocenters. The second-order valence-electron chi connectivity index (χ2n) is 6.44. The van der Waals surface area contributed by atoms with Gasteiger partial charge in [-0.15, -0.1) is 0 Å². The first-order chi connectivity index (χ1) is 14.0. The van der Waals surface area contributed by atoms with Gasteiger partial charge in [-0.1, -0.05) is 18.2 Å². The molecule has 0 saturated heterocycles. The molecule has 29 heavy (non-hydrogen) atoms. The SMILES string of the molecule is COc1ccccc1CNC(=O)Cc1c(C)c2ccc(OC)c(OC)c2oc1=O. The van der Waals surface area contributed by atoms with E-state index >= 15 is 0 Å². The predicted octanol–water partition coefficient (Wildman–Crippen LogP) is 2.99. The number of rotatable bonds is 7. The van der Waals surface area contributed by atoms with Crippen molar-refractivity contribution in [2.75, 3.05) is 21.3 Å². The van der Waals surface area contributed by atoms with E-state index in [1.165, 1.54) is 14.2 Å². The first kappa shape index (κ1) is 20.3. The molecule has 0 aliphatic heterocycles. The summed E-state index contributed by atoms with van der Waals surface area (Å²) in [5.41, 5.74) is 1.55. The zero-order chi connectivity index (χ0) is 21.0. The van der Waals surface area contributed by atoms with Gasteiger partial charge in [-0.3, -0.25) is 4.79 Å². The van der Waals surface area contributed by atoms with Crippen LogP contribution in [0, 0.1) is 6.92 Å². The highest BCUT2D eigenvalue weighted by Gasteiger charge is 2.19. The lowest BCUT2D eigenvalue weighted by Gasteiger charge is -2.13. The Balaban J connectivity index is 1.86. The Morgan fingerprint density at radius 3 is 2.41 bits per heavy atom. The van der Waals surface area contributed by atoms with Gasteiger partial charge in [0, 0.05) is 17.5 Å². The van der Waals surface area contributed by atoms with E-state index in [4.69, 9.17) is 18.6 Å². The number of amides is 1. The van der Waals surface area contributed by atoms with Crippen molar-refractivity contribution in [3.63, 3.8) is 0 Å². The fourth-order valence-electron chi connectivity index (χ4n) is 3.24. The zero-order valence-electron chi connectivity index (χ0n) is 16.8. The smallest absolute Gasteiger partial charge is 0.340 e. The first-order valence-corrected chi connectivity index (χ1v) is 9.06. The topological polar surface area (TPSA) is 87.0 Å². The van der Waals surface area contributed by atoms with Crippen LogP contribution in [0.2, 0.25) is 0 Å². The maximum atomic E-state index is 12.6. The van der Waals surface area contributed by atoms with Crippen molar-refractivity contribution in [3.8, 4) is 17.2 Å². The van der Waals surface area contributed by atoms with Crippen LogP contribution in [0.5, 0.6) is 17.2 Å². The number of aryl methyl sites for hydroxylation is 1. The minimum Gasteiger partial charge on any atom is -0.496 e. The number of carbonyl (C=O) groups is 1. The van der Waals surface area contributed by atoms with Gasteiger partial charge in [0.2, 0.25) is 11.7 Å². The Bertz CT molecular complexity index is 1100. The van der Waals surface area contributed by atoms with Crippen LogP contribution in [0.25, 0.3) is 11.0 Å². The second kappa shape index (κ2) is 8.68. The molecule has 0 fully saturated rings. The van der Waals surface area contributed by atoms with Crippen LogP contribution in [-0.4, -0.2) is 27.2 Å². The molecule has 0 aliphatic rings. The summed E-state index contributed by atoms with van der Waals surface area (Å²) < 4.78 is 21.4. The molecule has 2 aromatic carbocycles.